The number of carbonyl (C=O) groups excluding carboxylic acids is 3. The molecule has 1 aliphatic heterocycles. The monoisotopic (exact) mass is 644 g/mol. The number of ether oxygens (including phenoxy) is 3. The van der Waals surface area contributed by atoms with Gasteiger partial charge in [0.2, 0.25) is 5.91 Å². The van der Waals surface area contributed by atoms with Crippen molar-refractivity contribution in [3.63, 3.8) is 0 Å². The van der Waals surface area contributed by atoms with Crippen LogP contribution in [0, 0.1) is 0 Å². The summed E-state index contributed by atoms with van der Waals surface area (Å²) in [7, 11) is 0. The normalized spacial score (nSPS) is 13.3. The first-order valence-electron chi connectivity index (χ1n) is 14.9. The number of hydrogen-bond donors (Lipinski definition) is 0. The lowest BCUT2D eigenvalue weighted by Crippen LogP contribution is -2.45. The smallest absolute Gasteiger partial charge is 0.433 e. The van der Waals surface area contributed by atoms with Gasteiger partial charge in [-0.25, -0.2) is 9.48 Å². The van der Waals surface area contributed by atoms with Crippen LogP contribution < -0.4 is 9.64 Å². The fourth-order valence-electron chi connectivity index (χ4n) is 4.87. The Morgan fingerprint density at radius 3 is 2.24 bits per heavy atom. The molecule has 0 saturated heterocycles. The number of halogens is 3. The molecule has 2 amide bonds. The predicted molar refractivity (Wildman–Crippen MR) is 164 cm³/mol. The maximum Gasteiger partial charge on any atom is 0.433 e. The molecule has 0 radical (unpaired) electrons. The van der Waals surface area contributed by atoms with Gasteiger partial charge in [0, 0.05) is 24.3 Å². The van der Waals surface area contributed by atoms with Gasteiger partial charge in [-0.05, 0) is 83.9 Å². The van der Waals surface area contributed by atoms with Gasteiger partial charge in [-0.2, -0.15) is 18.3 Å². The van der Waals surface area contributed by atoms with Gasteiger partial charge in [0.15, 0.2) is 5.69 Å². The van der Waals surface area contributed by atoms with E-state index in [1.807, 2.05) is 0 Å². The van der Waals surface area contributed by atoms with Gasteiger partial charge >= 0.3 is 18.2 Å². The van der Waals surface area contributed by atoms with E-state index in [9.17, 15) is 27.6 Å². The van der Waals surface area contributed by atoms with Gasteiger partial charge in [-0.15, -0.1) is 0 Å². The Labute approximate surface area is 266 Å². The number of fused-ring (bicyclic) bond motifs is 1. The highest BCUT2D eigenvalue weighted by molar-refractivity contribution is 5.98. The summed E-state index contributed by atoms with van der Waals surface area (Å²) in [6, 6.07) is 13.0. The number of aromatic nitrogens is 2. The molecule has 0 aliphatic carbocycles. The van der Waals surface area contributed by atoms with E-state index in [0.29, 0.717) is 24.4 Å². The SMILES string of the molecule is CC(C)(C)OC(=O)CCN(CC(=O)N1CCc2cc(OCc3cnn(-c4ccccc4)c3C(F)(F)F)ccc21)C(=O)OC(C)(C)C. The van der Waals surface area contributed by atoms with Crippen LogP contribution in [0.25, 0.3) is 5.69 Å². The van der Waals surface area contributed by atoms with E-state index in [-0.39, 0.29) is 43.3 Å². The lowest BCUT2D eigenvalue weighted by molar-refractivity contribution is -0.155. The summed E-state index contributed by atoms with van der Waals surface area (Å²) >= 11 is 0. The molecule has 10 nitrogen and oxygen atoms in total. The average molecular weight is 645 g/mol. The molecule has 0 saturated carbocycles. The molecule has 4 rings (SSSR count). The third kappa shape index (κ3) is 9.01. The molecular weight excluding hydrogens is 605 g/mol. The number of anilines is 1. The van der Waals surface area contributed by atoms with Crippen molar-refractivity contribution in [2.24, 2.45) is 0 Å². The van der Waals surface area contributed by atoms with E-state index in [0.717, 1.165) is 16.4 Å². The standard InChI is InChI=1S/C33H39F3N4O6/c1-31(2,3)45-28(42)15-16-38(30(43)46-32(4,5)6)20-27(41)39-17-14-22-18-25(12-13-26(22)39)44-21-23-19-37-40(29(23)33(34,35)36)24-10-8-7-9-11-24/h7-13,18-19H,14-17,20-21H2,1-6H3. The second-order valence-corrected chi connectivity index (χ2v) is 12.9. The summed E-state index contributed by atoms with van der Waals surface area (Å²) in [6.07, 6.45) is -3.90. The van der Waals surface area contributed by atoms with E-state index < -0.39 is 35.1 Å². The van der Waals surface area contributed by atoms with Crippen LogP contribution in [0.2, 0.25) is 0 Å². The van der Waals surface area contributed by atoms with Crippen molar-refractivity contribution in [3.05, 3.63) is 71.5 Å². The summed E-state index contributed by atoms with van der Waals surface area (Å²) in [5, 5.41) is 3.96. The quantitative estimate of drug-likeness (QED) is 0.251. The molecule has 248 valence electrons. The Hall–Kier alpha value is -4.55. The van der Waals surface area contributed by atoms with Crippen molar-refractivity contribution in [3.8, 4) is 11.4 Å². The number of nitrogens with zero attached hydrogens (tertiary/aromatic N) is 4. The maximum atomic E-state index is 14.0. The highest BCUT2D eigenvalue weighted by Gasteiger charge is 2.39. The van der Waals surface area contributed by atoms with Crippen molar-refractivity contribution in [1.29, 1.82) is 0 Å². The number of benzene rings is 2. The van der Waals surface area contributed by atoms with Crippen molar-refractivity contribution < 1.29 is 41.8 Å². The van der Waals surface area contributed by atoms with Crippen LogP contribution in [0.3, 0.4) is 0 Å². The Morgan fingerprint density at radius 1 is 0.935 bits per heavy atom. The Balaban J connectivity index is 1.45. The first-order chi connectivity index (χ1) is 21.4. The minimum Gasteiger partial charge on any atom is -0.489 e. The molecule has 2 heterocycles. The molecule has 0 unspecified atom stereocenters. The van der Waals surface area contributed by atoms with Gasteiger partial charge in [0.1, 0.15) is 30.1 Å². The highest BCUT2D eigenvalue weighted by Crippen LogP contribution is 2.35. The van der Waals surface area contributed by atoms with Gasteiger partial charge in [-0.1, -0.05) is 18.2 Å². The minimum atomic E-state index is -4.66. The third-order valence-corrected chi connectivity index (χ3v) is 6.74. The number of rotatable bonds is 9. The molecule has 2 aromatic carbocycles. The summed E-state index contributed by atoms with van der Waals surface area (Å²) in [5.41, 5.74) is -0.919. The summed E-state index contributed by atoms with van der Waals surface area (Å²) < 4.78 is 59.5. The van der Waals surface area contributed by atoms with Crippen LogP contribution >= 0.6 is 0 Å². The van der Waals surface area contributed by atoms with Crippen LogP contribution in [0.4, 0.5) is 23.7 Å². The topological polar surface area (TPSA) is 103 Å². The Kier molecular flexibility index (Phi) is 10.0. The number of alkyl halides is 3. The molecule has 0 fully saturated rings. The summed E-state index contributed by atoms with van der Waals surface area (Å²) in [5.74, 6) is -0.561. The van der Waals surface area contributed by atoms with Gasteiger partial charge in [0.25, 0.3) is 0 Å². The molecule has 0 N–H and O–H groups in total. The van der Waals surface area contributed by atoms with Crippen LogP contribution in [0.15, 0.2) is 54.7 Å². The molecule has 1 aliphatic rings. The van der Waals surface area contributed by atoms with Gasteiger partial charge in [-0.3, -0.25) is 14.5 Å². The average Bonchev–Trinajstić information content (AvgIpc) is 3.57. The largest absolute Gasteiger partial charge is 0.489 e. The number of amides is 2. The number of carbonyl (C=O) groups is 3. The lowest BCUT2D eigenvalue weighted by atomic mass is 10.1. The van der Waals surface area contributed by atoms with Crippen molar-refractivity contribution >= 4 is 23.7 Å². The lowest BCUT2D eigenvalue weighted by Gasteiger charge is -2.29. The predicted octanol–water partition coefficient (Wildman–Crippen LogP) is 6.33. The molecule has 1 aromatic heterocycles. The second kappa shape index (κ2) is 13.4. The third-order valence-electron chi connectivity index (χ3n) is 6.74. The number of para-hydroxylation sites is 1. The molecular formula is C33H39F3N4O6. The van der Waals surface area contributed by atoms with Gasteiger partial charge < -0.3 is 19.1 Å². The van der Waals surface area contributed by atoms with E-state index in [2.05, 4.69) is 5.10 Å². The molecule has 46 heavy (non-hydrogen) atoms. The first kappa shape index (κ1) is 34.3. The van der Waals surface area contributed by atoms with Crippen LogP contribution in [-0.4, -0.2) is 63.5 Å². The van der Waals surface area contributed by atoms with Crippen LogP contribution in [0.5, 0.6) is 5.75 Å². The number of esters is 1. The molecule has 3 aromatic rings. The van der Waals surface area contributed by atoms with E-state index in [1.165, 1.54) is 21.9 Å². The zero-order valence-electron chi connectivity index (χ0n) is 26.8. The first-order valence-corrected chi connectivity index (χ1v) is 14.9. The fraction of sp³-hybridized carbons (Fsp3) is 0.455. The van der Waals surface area contributed by atoms with Crippen LogP contribution in [-0.2, 0) is 38.3 Å². The van der Waals surface area contributed by atoms with Gasteiger partial charge in [0.05, 0.1) is 18.3 Å². The number of hydrogen-bond acceptors (Lipinski definition) is 7. The Bertz CT molecular complexity index is 1560. The fourth-order valence-corrected chi connectivity index (χ4v) is 4.87. The highest BCUT2D eigenvalue weighted by atomic mass is 19.4. The summed E-state index contributed by atoms with van der Waals surface area (Å²) in [4.78, 5) is 41.4. The molecule has 0 bridgehead atoms. The van der Waals surface area contributed by atoms with E-state index in [4.69, 9.17) is 14.2 Å². The minimum absolute atomic E-state index is 0.0796. The van der Waals surface area contributed by atoms with Crippen molar-refractivity contribution in [2.45, 2.75) is 78.4 Å². The molecule has 13 heteroatoms. The molecule has 0 atom stereocenters. The second-order valence-electron chi connectivity index (χ2n) is 12.9. The summed E-state index contributed by atoms with van der Waals surface area (Å²) in [6.45, 7) is 9.87. The van der Waals surface area contributed by atoms with E-state index in [1.54, 1.807) is 77.9 Å². The Morgan fingerprint density at radius 2 is 1.61 bits per heavy atom. The van der Waals surface area contributed by atoms with E-state index >= 15 is 0 Å². The molecule has 0 spiro atoms. The zero-order valence-corrected chi connectivity index (χ0v) is 26.8. The van der Waals surface area contributed by atoms with Crippen LogP contribution in [0.1, 0.15) is 64.8 Å². The maximum absolute atomic E-state index is 14.0. The van der Waals surface area contributed by atoms with Crippen molar-refractivity contribution in [1.82, 2.24) is 14.7 Å². The van der Waals surface area contributed by atoms with Crippen molar-refractivity contribution in [2.75, 3.05) is 24.5 Å². The zero-order chi connectivity index (χ0) is 33.9.